The molecule has 0 bridgehead atoms. The Balaban J connectivity index is 0.00000280. The van der Waals surface area contributed by atoms with Gasteiger partial charge in [0.2, 0.25) is 0 Å². The van der Waals surface area contributed by atoms with Crippen molar-refractivity contribution in [2.24, 2.45) is 11.8 Å². The van der Waals surface area contributed by atoms with Crippen molar-refractivity contribution in [2.75, 3.05) is 37.6 Å². The molecule has 0 saturated carbocycles. The van der Waals surface area contributed by atoms with Gasteiger partial charge in [-0.2, -0.15) is 0 Å². The van der Waals surface area contributed by atoms with Crippen LogP contribution in [0.3, 0.4) is 0 Å². The molecule has 28 heavy (non-hydrogen) atoms. The third-order valence-corrected chi connectivity index (χ3v) is 5.80. The quantitative estimate of drug-likeness (QED) is 0.554. The van der Waals surface area contributed by atoms with E-state index in [2.05, 4.69) is 22.5 Å². The Morgan fingerprint density at radius 1 is 1.32 bits per heavy atom. The fourth-order valence-electron chi connectivity index (χ4n) is 3.99. The van der Waals surface area contributed by atoms with Crippen molar-refractivity contribution in [3.63, 3.8) is 0 Å². The zero-order valence-corrected chi connectivity index (χ0v) is 17.3. The summed E-state index contributed by atoms with van der Waals surface area (Å²) in [5, 5.41) is 17.9. The molecule has 1 aromatic rings. The largest absolute Gasteiger partial charge is 0.366 e. The highest BCUT2D eigenvalue weighted by atomic mass is 35.5. The van der Waals surface area contributed by atoms with Crippen molar-refractivity contribution in [3.05, 3.63) is 33.9 Å². The van der Waals surface area contributed by atoms with E-state index in [9.17, 15) is 14.9 Å². The van der Waals surface area contributed by atoms with Crippen molar-refractivity contribution in [1.29, 1.82) is 0 Å². The smallest absolute Gasteiger partial charge is 0.293 e. The minimum absolute atomic E-state index is 0. The molecule has 7 nitrogen and oxygen atoms in total. The summed E-state index contributed by atoms with van der Waals surface area (Å²) in [6.45, 7) is 6.54. The first kappa shape index (κ1) is 22.4. The fraction of sp³-hybridized carbons (Fsp3) is 0.650. The molecule has 2 aliphatic rings. The summed E-state index contributed by atoms with van der Waals surface area (Å²) >= 11 is 0. The zero-order chi connectivity index (χ0) is 19.2. The number of nitro benzene ring substituents is 1. The number of halogens is 1. The summed E-state index contributed by atoms with van der Waals surface area (Å²) in [4.78, 5) is 25.7. The van der Waals surface area contributed by atoms with Crippen LogP contribution in [0.25, 0.3) is 0 Å². The maximum atomic E-state index is 12.4. The molecule has 2 heterocycles. The van der Waals surface area contributed by atoms with E-state index in [1.807, 2.05) is 0 Å². The van der Waals surface area contributed by atoms with Crippen molar-refractivity contribution >= 4 is 29.7 Å². The number of benzene rings is 1. The summed E-state index contributed by atoms with van der Waals surface area (Å²) in [5.41, 5.74) is 1.00. The molecule has 1 amide bonds. The molecule has 0 aromatic heterocycles. The number of carbonyl (C=O) groups is 1. The SMILES string of the molecule is CC1CCN(c2ccc(C(=O)NCCC3CCCNC3)cc2[N+](=O)[O-])CC1.Cl. The van der Waals surface area contributed by atoms with Gasteiger partial charge in [-0.05, 0) is 69.2 Å². The Bertz CT molecular complexity index is 671. The van der Waals surface area contributed by atoms with Gasteiger partial charge in [0.15, 0.2) is 0 Å². The minimum Gasteiger partial charge on any atom is -0.366 e. The van der Waals surface area contributed by atoms with Gasteiger partial charge in [0.1, 0.15) is 5.69 Å². The molecular weight excluding hydrogens is 380 g/mol. The topological polar surface area (TPSA) is 87.5 Å². The van der Waals surface area contributed by atoms with Crippen LogP contribution in [-0.2, 0) is 0 Å². The van der Waals surface area contributed by atoms with Gasteiger partial charge < -0.3 is 15.5 Å². The number of nitrogens with zero attached hydrogens (tertiary/aromatic N) is 2. The highest BCUT2D eigenvalue weighted by Gasteiger charge is 2.24. The van der Waals surface area contributed by atoms with Gasteiger partial charge in [0.25, 0.3) is 11.6 Å². The first-order valence-corrected chi connectivity index (χ1v) is 10.1. The first-order chi connectivity index (χ1) is 13.0. The van der Waals surface area contributed by atoms with Crippen LogP contribution < -0.4 is 15.5 Å². The number of rotatable bonds is 6. The van der Waals surface area contributed by atoms with E-state index < -0.39 is 0 Å². The highest BCUT2D eigenvalue weighted by Crippen LogP contribution is 2.32. The molecule has 0 radical (unpaired) electrons. The molecule has 1 unspecified atom stereocenters. The minimum atomic E-state index is -0.377. The van der Waals surface area contributed by atoms with Gasteiger partial charge in [-0.1, -0.05) is 6.92 Å². The number of amides is 1. The van der Waals surface area contributed by atoms with Gasteiger partial charge in [-0.3, -0.25) is 14.9 Å². The van der Waals surface area contributed by atoms with Gasteiger partial charge in [0.05, 0.1) is 4.92 Å². The average Bonchev–Trinajstić information content (AvgIpc) is 2.69. The van der Waals surface area contributed by atoms with Crippen LogP contribution in [0.1, 0.15) is 49.4 Å². The predicted octanol–water partition coefficient (Wildman–Crippen LogP) is 3.37. The summed E-state index contributed by atoms with van der Waals surface area (Å²) in [6, 6.07) is 4.86. The Hall–Kier alpha value is -1.86. The van der Waals surface area contributed by atoms with E-state index in [-0.39, 0.29) is 28.9 Å². The normalized spacial score (nSPS) is 20.3. The van der Waals surface area contributed by atoms with Crippen molar-refractivity contribution in [1.82, 2.24) is 10.6 Å². The highest BCUT2D eigenvalue weighted by molar-refractivity contribution is 5.95. The molecule has 0 aliphatic carbocycles. The molecule has 1 aromatic carbocycles. The molecule has 2 aliphatic heterocycles. The van der Waals surface area contributed by atoms with Crippen molar-refractivity contribution < 1.29 is 9.72 Å². The summed E-state index contributed by atoms with van der Waals surface area (Å²) in [6.07, 6.45) is 5.38. The van der Waals surface area contributed by atoms with E-state index in [0.717, 1.165) is 45.4 Å². The second-order valence-corrected chi connectivity index (χ2v) is 7.89. The number of piperidine rings is 2. The van der Waals surface area contributed by atoms with Gasteiger partial charge in [-0.15, -0.1) is 12.4 Å². The van der Waals surface area contributed by atoms with Crippen LogP contribution in [0.2, 0.25) is 0 Å². The maximum Gasteiger partial charge on any atom is 0.293 e. The lowest BCUT2D eigenvalue weighted by Crippen LogP contribution is -2.34. The Labute approximate surface area is 172 Å². The fourth-order valence-corrected chi connectivity index (χ4v) is 3.99. The summed E-state index contributed by atoms with van der Waals surface area (Å²) < 4.78 is 0. The Morgan fingerprint density at radius 3 is 2.71 bits per heavy atom. The van der Waals surface area contributed by atoms with Crippen LogP contribution in [0.4, 0.5) is 11.4 Å². The van der Waals surface area contributed by atoms with E-state index in [1.165, 1.54) is 18.9 Å². The molecule has 2 N–H and O–H groups in total. The first-order valence-electron chi connectivity index (χ1n) is 10.1. The molecular formula is C20H31ClN4O3. The summed E-state index contributed by atoms with van der Waals surface area (Å²) in [5.74, 6) is 1.02. The Morgan fingerprint density at radius 2 is 2.07 bits per heavy atom. The van der Waals surface area contributed by atoms with Crippen molar-refractivity contribution in [2.45, 2.75) is 39.0 Å². The van der Waals surface area contributed by atoms with Gasteiger partial charge in [0, 0.05) is 31.3 Å². The monoisotopic (exact) mass is 410 g/mol. The van der Waals surface area contributed by atoms with Crippen molar-refractivity contribution in [3.8, 4) is 0 Å². The maximum absolute atomic E-state index is 12.4. The lowest BCUT2D eigenvalue weighted by Gasteiger charge is -2.31. The lowest BCUT2D eigenvalue weighted by molar-refractivity contribution is -0.384. The van der Waals surface area contributed by atoms with E-state index in [0.29, 0.717) is 29.6 Å². The third-order valence-electron chi connectivity index (χ3n) is 5.80. The lowest BCUT2D eigenvalue weighted by atomic mass is 9.96. The number of nitrogens with one attached hydrogen (secondary N) is 2. The van der Waals surface area contributed by atoms with E-state index >= 15 is 0 Å². The van der Waals surface area contributed by atoms with Crippen LogP contribution in [0.15, 0.2) is 18.2 Å². The number of nitro groups is 1. The van der Waals surface area contributed by atoms with Crippen LogP contribution in [0.5, 0.6) is 0 Å². The van der Waals surface area contributed by atoms with Crippen LogP contribution in [0, 0.1) is 22.0 Å². The zero-order valence-electron chi connectivity index (χ0n) is 16.5. The second-order valence-electron chi connectivity index (χ2n) is 7.89. The molecule has 8 heteroatoms. The van der Waals surface area contributed by atoms with Crippen LogP contribution in [-0.4, -0.2) is 43.6 Å². The molecule has 156 valence electrons. The molecule has 2 saturated heterocycles. The second kappa shape index (κ2) is 10.6. The third kappa shape index (κ3) is 5.82. The number of hydrogen-bond donors (Lipinski definition) is 2. The van der Waals surface area contributed by atoms with Gasteiger partial charge in [-0.25, -0.2) is 0 Å². The molecule has 0 spiro atoms. The number of carbonyl (C=O) groups excluding carboxylic acids is 1. The Kier molecular flexibility index (Phi) is 8.51. The standard InChI is InChI=1S/C20H30N4O3.ClH/c1-15-7-11-23(12-8-15)18-5-4-17(13-19(18)24(26)27)20(25)22-10-6-16-3-2-9-21-14-16;/h4-5,13,15-16,21H,2-3,6-12,14H2,1H3,(H,22,25);1H. The molecule has 1 atom stereocenters. The molecule has 3 rings (SSSR count). The number of anilines is 1. The average molecular weight is 411 g/mol. The number of hydrogen-bond acceptors (Lipinski definition) is 5. The summed E-state index contributed by atoms with van der Waals surface area (Å²) in [7, 11) is 0. The predicted molar refractivity (Wildman–Crippen MR) is 113 cm³/mol. The van der Waals surface area contributed by atoms with E-state index in [1.54, 1.807) is 12.1 Å². The van der Waals surface area contributed by atoms with Crippen LogP contribution >= 0.6 is 12.4 Å². The molecule has 2 fully saturated rings. The van der Waals surface area contributed by atoms with Gasteiger partial charge >= 0.3 is 0 Å². The van der Waals surface area contributed by atoms with E-state index in [4.69, 9.17) is 0 Å².